The quantitative estimate of drug-likeness (QED) is 0.109. The third-order valence-corrected chi connectivity index (χ3v) is 10.9. The van der Waals surface area contributed by atoms with Gasteiger partial charge in [0.25, 0.3) is 5.91 Å². The van der Waals surface area contributed by atoms with Crippen LogP contribution in [0.2, 0.25) is 0 Å². The molecular weight excluding hydrogens is 767 g/mol. The summed E-state index contributed by atoms with van der Waals surface area (Å²) in [4.78, 5) is 71.0. The van der Waals surface area contributed by atoms with Gasteiger partial charge in [0.2, 0.25) is 23.6 Å². The maximum atomic E-state index is 14.6. The van der Waals surface area contributed by atoms with Crippen molar-refractivity contribution in [1.29, 1.82) is 5.26 Å². The first-order valence-corrected chi connectivity index (χ1v) is 20.5. The van der Waals surface area contributed by atoms with Crippen LogP contribution in [0.4, 0.5) is 0 Å². The lowest BCUT2D eigenvalue weighted by Gasteiger charge is -2.32. The fraction of sp³-hybridized carbons (Fsp3) is 0.455. The lowest BCUT2D eigenvalue weighted by atomic mass is 9.93. The molecule has 0 aromatic heterocycles. The van der Waals surface area contributed by atoms with E-state index in [9.17, 15) is 24.0 Å². The summed E-state index contributed by atoms with van der Waals surface area (Å²) >= 11 is 0. The van der Waals surface area contributed by atoms with E-state index in [4.69, 9.17) is 31.9 Å². The van der Waals surface area contributed by atoms with Gasteiger partial charge in [0, 0.05) is 43.2 Å². The summed E-state index contributed by atoms with van der Waals surface area (Å²) < 4.78 is 12.2. The number of aryl methyl sites for hydroxylation is 1. The third-order valence-electron chi connectivity index (χ3n) is 10.9. The van der Waals surface area contributed by atoms with Gasteiger partial charge in [-0.2, -0.15) is 5.26 Å². The van der Waals surface area contributed by atoms with Gasteiger partial charge in [0.05, 0.1) is 6.07 Å². The van der Waals surface area contributed by atoms with Crippen LogP contribution in [-0.4, -0.2) is 99.0 Å². The maximum absolute atomic E-state index is 14.6. The predicted molar refractivity (Wildman–Crippen MR) is 226 cm³/mol. The molecule has 5 amide bonds. The molecule has 0 radical (unpaired) electrons. The number of rotatable bonds is 15. The highest BCUT2D eigenvalue weighted by Crippen LogP contribution is 2.40. The average molecular weight is 824 g/mol. The van der Waals surface area contributed by atoms with Crippen molar-refractivity contribution in [3.63, 3.8) is 0 Å². The van der Waals surface area contributed by atoms with Crippen molar-refractivity contribution in [2.45, 2.75) is 82.5 Å². The van der Waals surface area contributed by atoms with E-state index in [-0.39, 0.29) is 52.2 Å². The Morgan fingerprint density at radius 2 is 1.53 bits per heavy atom. The Labute approximate surface area is 350 Å². The summed E-state index contributed by atoms with van der Waals surface area (Å²) in [5, 5.41) is 20.0. The van der Waals surface area contributed by atoms with Crippen molar-refractivity contribution < 1.29 is 33.4 Å². The van der Waals surface area contributed by atoms with Crippen molar-refractivity contribution in [2.24, 2.45) is 17.2 Å². The molecule has 1 aliphatic carbocycles. The van der Waals surface area contributed by atoms with Gasteiger partial charge >= 0.3 is 0 Å². The van der Waals surface area contributed by atoms with Crippen LogP contribution in [0.25, 0.3) is 11.1 Å². The molecule has 10 N–H and O–H groups in total. The molecule has 60 heavy (non-hydrogen) atoms. The molecule has 4 bridgehead atoms. The highest BCUT2D eigenvalue weighted by molar-refractivity contribution is 6.00. The second kappa shape index (κ2) is 21.3. The number of amides is 5. The lowest BCUT2D eigenvalue weighted by molar-refractivity contribution is -0.141. The molecule has 16 heteroatoms. The largest absolute Gasteiger partial charge is 0.492 e. The van der Waals surface area contributed by atoms with E-state index in [1.807, 2.05) is 25.1 Å². The summed E-state index contributed by atoms with van der Waals surface area (Å²) in [7, 11) is 1.45. The number of nitriles is 1. The molecule has 1 aliphatic heterocycles. The van der Waals surface area contributed by atoms with Crippen LogP contribution in [0.3, 0.4) is 0 Å². The minimum absolute atomic E-state index is 0.0187. The number of nitrogens with one attached hydrogen (secondary N) is 4. The fourth-order valence-electron chi connectivity index (χ4n) is 7.82. The topological polar surface area (TPSA) is 257 Å². The first-order valence-electron chi connectivity index (χ1n) is 20.5. The number of fused-ring (bicyclic) bond motifs is 5. The van der Waals surface area contributed by atoms with Gasteiger partial charge < -0.3 is 52.8 Å². The summed E-state index contributed by atoms with van der Waals surface area (Å²) in [6.45, 7) is 3.83. The van der Waals surface area contributed by atoms with Crippen molar-refractivity contribution in [3.05, 3.63) is 82.4 Å². The Balaban J connectivity index is 1.58. The normalized spacial score (nSPS) is 18.5. The zero-order chi connectivity index (χ0) is 43.3. The number of nitrogens with two attached hydrogens (primary N) is 3. The SMILES string of the molecule is Cc1cc(C2CCCC2)ccc1C(=O)N[C@@H](CCN)C(=O)N(C)[C@@H]1C(=O)N[C@@H](C)C(=O)N[C@H](C(=O)NCC#N)Cc2ccc(OCCN)c(c2)-c2cc1ccc2OCCN. The summed E-state index contributed by atoms with van der Waals surface area (Å²) in [5.41, 5.74) is 22.0. The molecule has 4 atom stereocenters. The van der Waals surface area contributed by atoms with E-state index in [0.717, 1.165) is 18.4 Å². The summed E-state index contributed by atoms with van der Waals surface area (Å²) in [6.07, 6.45) is 4.69. The zero-order valence-corrected chi connectivity index (χ0v) is 34.6. The first kappa shape index (κ1) is 45.1. The standard InChI is InChI=1S/C44H57N9O7/c1-26-22-30(29-6-4-5-7-29)9-11-32(26)41(55)51-35(14-15-45)44(58)53(3)39-31-10-13-38(60-21-18-48)34(25-31)33-23-28(8-12-37(33)59-20-17-47)24-36(42(56)49-19-16-46)52-40(54)27(2)50-43(39)57/h8-13,22-23,25,27,29,35-36,39H,4-7,14-15,17-21,24,45,47-48H2,1-3H3,(H,49,56)(H,50,57)(H,51,55)(H,52,54)/t27-,35-,36-,39-/m0/s1. The van der Waals surface area contributed by atoms with Gasteiger partial charge in [0.15, 0.2) is 0 Å². The predicted octanol–water partition coefficient (Wildman–Crippen LogP) is 1.83. The Hall–Kier alpha value is -6.02. The number of ether oxygens (including phenoxy) is 2. The number of hydrogen-bond acceptors (Lipinski definition) is 11. The van der Waals surface area contributed by atoms with E-state index in [1.165, 1.54) is 37.3 Å². The smallest absolute Gasteiger partial charge is 0.252 e. The zero-order valence-electron chi connectivity index (χ0n) is 34.6. The van der Waals surface area contributed by atoms with Crippen molar-refractivity contribution in [3.8, 4) is 28.7 Å². The third kappa shape index (κ3) is 11.0. The van der Waals surface area contributed by atoms with Crippen molar-refractivity contribution in [2.75, 3.05) is 46.4 Å². The molecule has 16 nitrogen and oxygen atoms in total. The van der Waals surface area contributed by atoms with Crippen LogP contribution in [-0.2, 0) is 25.6 Å². The molecule has 320 valence electrons. The molecule has 3 aromatic carbocycles. The van der Waals surface area contributed by atoms with Gasteiger partial charge in [-0.25, -0.2) is 0 Å². The van der Waals surface area contributed by atoms with E-state index in [1.54, 1.807) is 42.5 Å². The van der Waals surface area contributed by atoms with Crippen LogP contribution in [0.1, 0.15) is 83.6 Å². The summed E-state index contributed by atoms with van der Waals surface area (Å²) in [5.74, 6) is -1.78. The Bertz CT molecular complexity index is 2080. The Morgan fingerprint density at radius 3 is 2.17 bits per heavy atom. The number of likely N-dealkylation sites (N-methyl/N-ethyl adjacent to an activating group) is 1. The Kier molecular flexibility index (Phi) is 16.0. The molecule has 0 spiro atoms. The molecule has 1 fully saturated rings. The van der Waals surface area contributed by atoms with E-state index < -0.39 is 53.7 Å². The van der Waals surface area contributed by atoms with E-state index in [0.29, 0.717) is 45.2 Å². The number of carbonyl (C=O) groups is 5. The highest BCUT2D eigenvalue weighted by Gasteiger charge is 2.36. The molecule has 2 aliphatic rings. The molecular formula is C44H57N9O7. The fourth-order valence-corrected chi connectivity index (χ4v) is 7.82. The molecule has 0 saturated heterocycles. The van der Waals surface area contributed by atoms with Gasteiger partial charge in [0.1, 0.15) is 55.4 Å². The average Bonchev–Trinajstić information content (AvgIpc) is 3.79. The molecule has 5 rings (SSSR count). The minimum atomic E-state index is -1.35. The molecule has 1 saturated carbocycles. The van der Waals surface area contributed by atoms with Crippen LogP contribution in [0, 0.1) is 18.3 Å². The van der Waals surface area contributed by atoms with Gasteiger partial charge in [-0.05, 0) is 98.2 Å². The maximum Gasteiger partial charge on any atom is 0.252 e. The van der Waals surface area contributed by atoms with Gasteiger partial charge in [-0.15, -0.1) is 0 Å². The Morgan fingerprint density at radius 1 is 0.883 bits per heavy atom. The monoisotopic (exact) mass is 823 g/mol. The second-order valence-electron chi connectivity index (χ2n) is 15.2. The molecule has 3 aromatic rings. The van der Waals surface area contributed by atoms with Crippen molar-refractivity contribution in [1.82, 2.24) is 26.2 Å². The highest BCUT2D eigenvalue weighted by atomic mass is 16.5. The van der Waals surface area contributed by atoms with Crippen LogP contribution >= 0.6 is 0 Å². The lowest BCUT2D eigenvalue weighted by Crippen LogP contribution is -2.56. The number of benzene rings is 3. The first-order chi connectivity index (χ1) is 28.9. The minimum Gasteiger partial charge on any atom is -0.492 e. The molecule has 1 heterocycles. The van der Waals surface area contributed by atoms with Gasteiger partial charge in [-0.3, -0.25) is 24.0 Å². The second-order valence-corrected chi connectivity index (χ2v) is 15.2. The van der Waals surface area contributed by atoms with Gasteiger partial charge in [-0.1, -0.05) is 37.1 Å². The van der Waals surface area contributed by atoms with Crippen LogP contribution in [0.5, 0.6) is 11.5 Å². The van der Waals surface area contributed by atoms with Crippen LogP contribution < -0.4 is 47.9 Å². The number of carbonyl (C=O) groups excluding carboxylic acids is 5. The van der Waals surface area contributed by atoms with Crippen molar-refractivity contribution >= 4 is 29.5 Å². The number of nitrogens with zero attached hydrogens (tertiary/aromatic N) is 2. The van der Waals surface area contributed by atoms with E-state index >= 15 is 0 Å². The number of hydrogen-bond donors (Lipinski definition) is 7. The molecule has 0 unspecified atom stereocenters. The van der Waals surface area contributed by atoms with E-state index in [2.05, 4.69) is 21.3 Å². The van der Waals surface area contributed by atoms with Crippen LogP contribution in [0.15, 0.2) is 54.6 Å². The summed E-state index contributed by atoms with van der Waals surface area (Å²) in [6, 6.07) is 13.1.